The van der Waals surface area contributed by atoms with E-state index in [0.29, 0.717) is 18.7 Å². The van der Waals surface area contributed by atoms with Crippen molar-refractivity contribution in [1.82, 2.24) is 15.2 Å². The standard InChI is InChI=1S/C20H19FN4O3S/c1-2-28-16-9-3-13(4-10-16)11-17-19(27)23-20(25-24-17)29-12-18(26)22-15-7-5-14(21)6-8-15/h3-10H,2,11-12H2,1H3,(H,22,26)(H,23,25,27). The molecule has 2 N–H and O–H groups in total. The van der Waals surface area contributed by atoms with Crippen LogP contribution in [0.3, 0.4) is 0 Å². The van der Waals surface area contributed by atoms with Crippen molar-refractivity contribution in [2.24, 2.45) is 0 Å². The van der Waals surface area contributed by atoms with Crippen molar-refractivity contribution >= 4 is 23.4 Å². The molecule has 0 unspecified atom stereocenters. The molecule has 0 aliphatic heterocycles. The van der Waals surface area contributed by atoms with Crippen molar-refractivity contribution < 1.29 is 13.9 Å². The average Bonchev–Trinajstić information content (AvgIpc) is 2.71. The number of aromatic nitrogens is 3. The SMILES string of the molecule is CCOc1ccc(Cc2nnc(SCC(=O)Nc3ccc(F)cc3)[nH]c2=O)cc1. The largest absolute Gasteiger partial charge is 0.494 e. The van der Waals surface area contributed by atoms with Gasteiger partial charge in [-0.1, -0.05) is 23.9 Å². The van der Waals surface area contributed by atoms with Crippen LogP contribution in [0.4, 0.5) is 10.1 Å². The fourth-order valence-electron chi connectivity index (χ4n) is 2.45. The number of nitrogens with zero attached hydrogens (tertiary/aromatic N) is 2. The number of carbonyl (C=O) groups excluding carboxylic acids is 1. The first-order valence-electron chi connectivity index (χ1n) is 8.89. The quantitative estimate of drug-likeness (QED) is 0.550. The first-order chi connectivity index (χ1) is 14.0. The normalized spacial score (nSPS) is 10.6. The van der Waals surface area contributed by atoms with Gasteiger partial charge in [0, 0.05) is 12.1 Å². The molecule has 29 heavy (non-hydrogen) atoms. The number of hydrogen-bond donors (Lipinski definition) is 2. The van der Waals surface area contributed by atoms with Gasteiger partial charge in [0.15, 0.2) is 5.16 Å². The minimum atomic E-state index is -0.379. The van der Waals surface area contributed by atoms with Crippen LogP contribution in [0.1, 0.15) is 18.2 Å². The van der Waals surface area contributed by atoms with Crippen LogP contribution in [0, 0.1) is 5.82 Å². The second-order valence-electron chi connectivity index (χ2n) is 6.00. The Morgan fingerprint density at radius 2 is 1.86 bits per heavy atom. The second-order valence-corrected chi connectivity index (χ2v) is 6.97. The number of aromatic amines is 1. The van der Waals surface area contributed by atoms with Gasteiger partial charge in [-0.15, -0.1) is 10.2 Å². The second kappa shape index (κ2) is 9.83. The molecule has 1 aromatic heterocycles. The van der Waals surface area contributed by atoms with E-state index < -0.39 is 0 Å². The molecule has 0 radical (unpaired) electrons. The highest BCUT2D eigenvalue weighted by Gasteiger charge is 2.09. The Labute approximate surface area is 170 Å². The molecular formula is C20H19FN4O3S. The third-order valence-electron chi connectivity index (χ3n) is 3.82. The van der Waals surface area contributed by atoms with Crippen LogP contribution in [0.15, 0.2) is 58.5 Å². The van der Waals surface area contributed by atoms with E-state index in [4.69, 9.17) is 4.74 Å². The number of benzene rings is 2. The van der Waals surface area contributed by atoms with Crippen molar-refractivity contribution in [2.45, 2.75) is 18.5 Å². The Hall–Kier alpha value is -3.20. The lowest BCUT2D eigenvalue weighted by molar-refractivity contribution is -0.113. The van der Waals surface area contributed by atoms with Gasteiger partial charge in [0.25, 0.3) is 5.56 Å². The summed E-state index contributed by atoms with van der Waals surface area (Å²) in [5, 5.41) is 10.8. The van der Waals surface area contributed by atoms with Crippen molar-refractivity contribution in [1.29, 1.82) is 0 Å². The molecule has 1 amide bonds. The zero-order valence-electron chi connectivity index (χ0n) is 15.6. The number of hydrogen-bond acceptors (Lipinski definition) is 6. The fourth-order valence-corrected chi connectivity index (χ4v) is 3.06. The highest BCUT2D eigenvalue weighted by atomic mass is 32.2. The van der Waals surface area contributed by atoms with Crippen LogP contribution < -0.4 is 15.6 Å². The van der Waals surface area contributed by atoms with Crippen molar-refractivity contribution in [2.75, 3.05) is 17.7 Å². The molecule has 0 aliphatic rings. The van der Waals surface area contributed by atoms with Crippen molar-refractivity contribution in [3.8, 4) is 5.75 Å². The van der Waals surface area contributed by atoms with Gasteiger partial charge in [-0.3, -0.25) is 14.6 Å². The lowest BCUT2D eigenvalue weighted by Crippen LogP contribution is -2.19. The van der Waals surface area contributed by atoms with Crippen molar-refractivity contribution in [3.63, 3.8) is 0 Å². The molecule has 3 rings (SSSR count). The number of rotatable bonds is 8. The fraction of sp³-hybridized carbons (Fsp3) is 0.200. The van der Waals surface area contributed by atoms with E-state index in [1.54, 1.807) is 0 Å². The number of amides is 1. The maximum atomic E-state index is 12.9. The smallest absolute Gasteiger partial charge is 0.273 e. The summed E-state index contributed by atoms with van der Waals surface area (Å²) in [4.78, 5) is 26.8. The Morgan fingerprint density at radius 3 is 2.52 bits per heavy atom. The Kier molecular flexibility index (Phi) is 6.96. The summed E-state index contributed by atoms with van der Waals surface area (Å²) in [5.74, 6) is 0.112. The molecule has 0 atom stereocenters. The van der Waals surface area contributed by atoms with Crippen LogP contribution in [-0.2, 0) is 11.2 Å². The minimum absolute atomic E-state index is 0.0280. The highest BCUT2D eigenvalue weighted by molar-refractivity contribution is 7.99. The van der Waals surface area contributed by atoms with E-state index in [9.17, 15) is 14.0 Å². The van der Waals surface area contributed by atoms with E-state index in [1.807, 2.05) is 31.2 Å². The number of H-pyrrole nitrogens is 1. The molecule has 150 valence electrons. The molecule has 7 nitrogen and oxygen atoms in total. The number of nitrogens with one attached hydrogen (secondary N) is 2. The third kappa shape index (κ3) is 6.15. The first-order valence-corrected chi connectivity index (χ1v) is 9.88. The van der Waals surface area contributed by atoms with Crippen molar-refractivity contribution in [3.05, 3.63) is 76.0 Å². The Bertz CT molecular complexity index is 1020. The van der Waals surface area contributed by atoms with Crippen LogP contribution in [-0.4, -0.2) is 33.4 Å². The van der Waals surface area contributed by atoms with Gasteiger partial charge in [0.05, 0.1) is 12.4 Å². The zero-order chi connectivity index (χ0) is 20.6. The predicted molar refractivity (Wildman–Crippen MR) is 109 cm³/mol. The number of thioether (sulfide) groups is 1. The summed E-state index contributed by atoms with van der Waals surface area (Å²) in [5.41, 5.74) is 1.33. The van der Waals surface area contributed by atoms with E-state index in [-0.39, 0.29) is 33.9 Å². The van der Waals surface area contributed by atoms with Gasteiger partial charge >= 0.3 is 0 Å². The van der Waals surface area contributed by atoms with Gasteiger partial charge in [-0.05, 0) is 48.9 Å². The summed E-state index contributed by atoms with van der Waals surface area (Å²) in [6.45, 7) is 2.50. The average molecular weight is 414 g/mol. The molecule has 9 heteroatoms. The predicted octanol–water partition coefficient (Wildman–Crippen LogP) is 3.02. The highest BCUT2D eigenvalue weighted by Crippen LogP contribution is 2.15. The molecule has 2 aromatic carbocycles. The van der Waals surface area contributed by atoms with Gasteiger partial charge in [-0.2, -0.15) is 0 Å². The maximum absolute atomic E-state index is 12.9. The van der Waals surface area contributed by atoms with Crippen LogP contribution >= 0.6 is 11.8 Å². The van der Waals surface area contributed by atoms with E-state index in [2.05, 4.69) is 20.5 Å². The zero-order valence-corrected chi connectivity index (χ0v) is 16.5. The topological polar surface area (TPSA) is 97.0 Å². The molecule has 1 heterocycles. The molecule has 0 fully saturated rings. The molecule has 0 bridgehead atoms. The molecular weight excluding hydrogens is 395 g/mol. The van der Waals surface area contributed by atoms with Crippen LogP contribution in [0.25, 0.3) is 0 Å². The number of halogens is 1. The Morgan fingerprint density at radius 1 is 1.14 bits per heavy atom. The summed E-state index contributed by atoms with van der Waals surface area (Å²) >= 11 is 1.06. The van der Waals surface area contributed by atoms with E-state index >= 15 is 0 Å². The summed E-state index contributed by atoms with van der Waals surface area (Å²) < 4.78 is 18.3. The van der Waals surface area contributed by atoms with Crippen LogP contribution in [0.2, 0.25) is 0 Å². The van der Waals surface area contributed by atoms with Gasteiger partial charge < -0.3 is 10.1 Å². The molecule has 0 aliphatic carbocycles. The molecule has 0 spiro atoms. The minimum Gasteiger partial charge on any atom is -0.494 e. The number of anilines is 1. The lowest BCUT2D eigenvalue weighted by Gasteiger charge is -2.06. The van der Waals surface area contributed by atoms with E-state index in [1.165, 1.54) is 24.3 Å². The van der Waals surface area contributed by atoms with E-state index in [0.717, 1.165) is 23.1 Å². The lowest BCUT2D eigenvalue weighted by atomic mass is 10.1. The summed E-state index contributed by atoms with van der Waals surface area (Å²) in [7, 11) is 0. The van der Waals surface area contributed by atoms with Gasteiger partial charge in [0.2, 0.25) is 5.91 Å². The Balaban J connectivity index is 1.55. The summed E-state index contributed by atoms with van der Waals surface area (Å²) in [6, 6.07) is 12.9. The van der Waals surface area contributed by atoms with Crippen LogP contribution in [0.5, 0.6) is 5.75 Å². The first kappa shape index (κ1) is 20.5. The molecule has 0 saturated heterocycles. The number of ether oxygens (including phenoxy) is 1. The van der Waals surface area contributed by atoms with Gasteiger partial charge in [0.1, 0.15) is 17.3 Å². The van der Waals surface area contributed by atoms with Gasteiger partial charge in [-0.25, -0.2) is 4.39 Å². The number of carbonyl (C=O) groups is 1. The maximum Gasteiger partial charge on any atom is 0.273 e. The molecule has 3 aromatic rings. The third-order valence-corrected chi connectivity index (χ3v) is 4.68. The molecule has 0 saturated carbocycles. The summed E-state index contributed by atoms with van der Waals surface area (Å²) in [6.07, 6.45) is 0.338. The monoisotopic (exact) mass is 414 g/mol.